The van der Waals surface area contributed by atoms with E-state index in [4.69, 9.17) is 23.2 Å². The summed E-state index contributed by atoms with van der Waals surface area (Å²) in [5, 5.41) is 9.94. The Labute approximate surface area is 198 Å². The van der Waals surface area contributed by atoms with Gasteiger partial charge in [0.2, 0.25) is 11.8 Å². The Balaban J connectivity index is 1.28. The second-order valence-corrected chi connectivity index (χ2v) is 11.0. The van der Waals surface area contributed by atoms with Crippen LogP contribution in [0.15, 0.2) is 12.1 Å². The molecule has 4 aliphatic rings. The molecule has 3 saturated carbocycles. The number of carbonyl (C=O) groups is 2. The van der Waals surface area contributed by atoms with Gasteiger partial charge >= 0.3 is 0 Å². The molecule has 2 bridgehead atoms. The SMILES string of the molecule is O=C(N[C@H](c1c(F)ccc(Cl)c1Cl)C12CCC(CC1)C2)C1CC(NC(=O)[C@@H]2CCCN2)C1. The molecule has 5 rings (SSSR count). The first-order chi connectivity index (χ1) is 15.4. The topological polar surface area (TPSA) is 70.2 Å². The van der Waals surface area contributed by atoms with E-state index in [1.165, 1.54) is 12.1 Å². The number of hydrogen-bond donors (Lipinski definition) is 3. The minimum atomic E-state index is -0.481. The highest BCUT2D eigenvalue weighted by molar-refractivity contribution is 6.42. The zero-order valence-corrected chi connectivity index (χ0v) is 19.6. The lowest BCUT2D eigenvalue weighted by Gasteiger charge is -2.41. The van der Waals surface area contributed by atoms with Crippen molar-refractivity contribution in [3.05, 3.63) is 33.6 Å². The number of rotatable bonds is 6. The van der Waals surface area contributed by atoms with Crippen LogP contribution in [0.5, 0.6) is 0 Å². The van der Waals surface area contributed by atoms with Gasteiger partial charge in [0.15, 0.2) is 0 Å². The lowest BCUT2D eigenvalue weighted by atomic mass is 9.73. The standard InChI is InChI=1S/C24H30Cl2FN3O2/c25-16-3-4-17(27)19(20(16)26)21(24-7-5-13(12-24)6-8-24)30-22(31)14-10-15(11-14)29-23(32)18-2-1-9-28-18/h3-4,13-15,18,21,28H,1-2,5-12H2,(H,29,32)(H,30,31)/t13?,14?,15?,18-,21+,24?/m0/s1. The molecule has 1 saturated heterocycles. The predicted octanol–water partition coefficient (Wildman–Crippen LogP) is 4.52. The van der Waals surface area contributed by atoms with Gasteiger partial charge < -0.3 is 16.0 Å². The van der Waals surface area contributed by atoms with Gasteiger partial charge in [-0.2, -0.15) is 0 Å². The Bertz CT molecular complexity index is 907. The molecular weight excluding hydrogens is 452 g/mol. The van der Waals surface area contributed by atoms with Crippen LogP contribution in [0.4, 0.5) is 4.39 Å². The minimum Gasteiger partial charge on any atom is -0.352 e. The van der Waals surface area contributed by atoms with Gasteiger partial charge in [0.1, 0.15) is 5.82 Å². The van der Waals surface area contributed by atoms with Crippen LogP contribution in [0.2, 0.25) is 10.0 Å². The average molecular weight is 482 g/mol. The van der Waals surface area contributed by atoms with E-state index in [0.29, 0.717) is 29.3 Å². The van der Waals surface area contributed by atoms with Crippen molar-refractivity contribution in [3.63, 3.8) is 0 Å². The number of amides is 2. The molecule has 0 spiro atoms. The Kier molecular flexibility index (Phi) is 6.14. The van der Waals surface area contributed by atoms with Gasteiger partial charge in [0, 0.05) is 17.5 Å². The summed E-state index contributed by atoms with van der Waals surface area (Å²) in [5.41, 5.74) is 0.160. The molecule has 3 N–H and O–H groups in total. The number of carbonyl (C=O) groups excluding carboxylic acids is 2. The fourth-order valence-corrected chi connectivity index (χ4v) is 6.83. The van der Waals surface area contributed by atoms with Crippen LogP contribution in [-0.2, 0) is 9.59 Å². The molecule has 32 heavy (non-hydrogen) atoms. The molecule has 2 atom stereocenters. The zero-order valence-electron chi connectivity index (χ0n) is 18.1. The summed E-state index contributed by atoms with van der Waals surface area (Å²) < 4.78 is 15.0. The first-order valence-electron chi connectivity index (χ1n) is 11.8. The van der Waals surface area contributed by atoms with Crippen molar-refractivity contribution in [2.45, 2.75) is 75.9 Å². The molecule has 1 aromatic rings. The summed E-state index contributed by atoms with van der Waals surface area (Å²) in [6, 6.07) is 2.23. The van der Waals surface area contributed by atoms with Gasteiger partial charge in [0.05, 0.1) is 22.1 Å². The van der Waals surface area contributed by atoms with Crippen molar-refractivity contribution in [1.29, 1.82) is 0 Å². The first-order valence-corrected chi connectivity index (χ1v) is 12.6. The predicted molar refractivity (Wildman–Crippen MR) is 122 cm³/mol. The van der Waals surface area contributed by atoms with Crippen LogP contribution in [0.25, 0.3) is 0 Å². The Morgan fingerprint density at radius 2 is 1.88 bits per heavy atom. The van der Waals surface area contributed by atoms with Crippen molar-refractivity contribution in [2.24, 2.45) is 17.3 Å². The number of halogens is 3. The molecule has 3 aliphatic carbocycles. The quantitative estimate of drug-likeness (QED) is 0.523. The third-order valence-electron chi connectivity index (χ3n) is 8.30. The third-order valence-corrected chi connectivity index (χ3v) is 9.11. The summed E-state index contributed by atoms with van der Waals surface area (Å²) in [6.07, 6.45) is 8.22. The van der Waals surface area contributed by atoms with Crippen molar-refractivity contribution >= 4 is 35.0 Å². The average Bonchev–Trinajstić information content (AvgIpc) is 3.50. The molecule has 0 aromatic heterocycles. The lowest BCUT2D eigenvalue weighted by molar-refractivity contribution is -0.132. The van der Waals surface area contributed by atoms with Crippen LogP contribution in [0.1, 0.15) is 69.4 Å². The van der Waals surface area contributed by atoms with Gasteiger partial charge in [-0.05, 0) is 87.8 Å². The lowest BCUT2D eigenvalue weighted by Crippen LogP contribution is -2.54. The van der Waals surface area contributed by atoms with Gasteiger partial charge in [0.25, 0.3) is 0 Å². The molecule has 8 heteroatoms. The van der Waals surface area contributed by atoms with Crippen LogP contribution >= 0.6 is 23.2 Å². The largest absolute Gasteiger partial charge is 0.352 e. The zero-order chi connectivity index (χ0) is 22.5. The molecule has 1 aromatic carbocycles. The second-order valence-electron chi connectivity index (χ2n) is 10.2. The van der Waals surface area contributed by atoms with Gasteiger partial charge in [-0.15, -0.1) is 0 Å². The van der Waals surface area contributed by atoms with E-state index in [9.17, 15) is 9.59 Å². The first kappa shape index (κ1) is 22.4. The van der Waals surface area contributed by atoms with Crippen molar-refractivity contribution < 1.29 is 14.0 Å². The van der Waals surface area contributed by atoms with Crippen molar-refractivity contribution in [1.82, 2.24) is 16.0 Å². The van der Waals surface area contributed by atoms with Crippen LogP contribution < -0.4 is 16.0 Å². The monoisotopic (exact) mass is 481 g/mol. The Morgan fingerprint density at radius 3 is 2.50 bits per heavy atom. The van der Waals surface area contributed by atoms with Gasteiger partial charge in [-0.3, -0.25) is 9.59 Å². The van der Waals surface area contributed by atoms with E-state index in [0.717, 1.165) is 51.5 Å². The van der Waals surface area contributed by atoms with Gasteiger partial charge in [-0.25, -0.2) is 4.39 Å². The van der Waals surface area contributed by atoms with E-state index in [2.05, 4.69) is 16.0 Å². The molecule has 174 valence electrons. The number of benzene rings is 1. The van der Waals surface area contributed by atoms with E-state index in [1.54, 1.807) is 0 Å². The maximum absolute atomic E-state index is 15.0. The molecule has 1 heterocycles. The molecule has 0 radical (unpaired) electrons. The number of nitrogens with one attached hydrogen (secondary N) is 3. The van der Waals surface area contributed by atoms with Crippen molar-refractivity contribution in [3.8, 4) is 0 Å². The smallest absolute Gasteiger partial charge is 0.237 e. The van der Waals surface area contributed by atoms with Crippen molar-refractivity contribution in [2.75, 3.05) is 6.54 Å². The maximum Gasteiger partial charge on any atom is 0.237 e. The highest BCUT2D eigenvalue weighted by atomic mass is 35.5. The minimum absolute atomic E-state index is 0.0195. The molecule has 4 fully saturated rings. The molecule has 0 unspecified atom stereocenters. The van der Waals surface area contributed by atoms with Crippen LogP contribution in [-0.4, -0.2) is 30.4 Å². The summed E-state index contributed by atoms with van der Waals surface area (Å²) in [7, 11) is 0. The van der Waals surface area contributed by atoms with E-state index >= 15 is 4.39 Å². The summed E-state index contributed by atoms with van der Waals surface area (Å²) >= 11 is 12.7. The van der Waals surface area contributed by atoms with Crippen LogP contribution in [0, 0.1) is 23.1 Å². The third kappa shape index (κ3) is 4.03. The highest BCUT2D eigenvalue weighted by Crippen LogP contribution is 2.61. The number of fused-ring (bicyclic) bond motifs is 2. The fraction of sp³-hybridized carbons (Fsp3) is 0.667. The molecule has 2 amide bonds. The number of hydrogen-bond acceptors (Lipinski definition) is 3. The van der Waals surface area contributed by atoms with E-state index in [-0.39, 0.29) is 40.3 Å². The fourth-order valence-electron chi connectivity index (χ4n) is 6.40. The maximum atomic E-state index is 15.0. The Morgan fingerprint density at radius 1 is 1.12 bits per heavy atom. The van der Waals surface area contributed by atoms with Crippen LogP contribution in [0.3, 0.4) is 0 Å². The van der Waals surface area contributed by atoms with E-state index < -0.39 is 11.9 Å². The van der Waals surface area contributed by atoms with E-state index in [1.807, 2.05) is 0 Å². The summed E-state index contributed by atoms with van der Waals surface area (Å²) in [4.78, 5) is 25.5. The summed E-state index contributed by atoms with van der Waals surface area (Å²) in [5.74, 6) is -0.0194. The molecule has 1 aliphatic heterocycles. The summed E-state index contributed by atoms with van der Waals surface area (Å²) in [6.45, 7) is 0.875. The normalized spacial score (nSPS) is 34.2. The van der Waals surface area contributed by atoms with Gasteiger partial charge in [-0.1, -0.05) is 23.2 Å². The Hall–Kier alpha value is -1.37. The molecule has 5 nitrogen and oxygen atoms in total. The molecular formula is C24H30Cl2FN3O2. The second kappa shape index (κ2) is 8.77. The highest BCUT2D eigenvalue weighted by Gasteiger charge is 2.52.